The van der Waals surface area contributed by atoms with Crippen molar-refractivity contribution < 1.29 is 4.79 Å². The summed E-state index contributed by atoms with van der Waals surface area (Å²) in [6.45, 7) is 0. The Labute approximate surface area is 175 Å². The highest BCUT2D eigenvalue weighted by atomic mass is 79.9. The molecule has 2 aromatic heterocycles. The summed E-state index contributed by atoms with van der Waals surface area (Å²) in [6.07, 6.45) is 5.59. The third kappa shape index (κ3) is 3.84. The number of nitrogens with zero attached hydrogens (tertiary/aromatic N) is 4. The minimum atomic E-state index is -0.223. The number of anilines is 1. The summed E-state index contributed by atoms with van der Waals surface area (Å²) in [5.41, 5.74) is 2.90. The summed E-state index contributed by atoms with van der Waals surface area (Å²) in [6, 6.07) is 15.2. The van der Waals surface area contributed by atoms with Crippen LogP contribution in [0.2, 0.25) is 0 Å². The van der Waals surface area contributed by atoms with Crippen LogP contribution in [-0.2, 0) is 0 Å². The molecule has 144 valence electrons. The van der Waals surface area contributed by atoms with Crippen LogP contribution in [0.3, 0.4) is 0 Å². The Bertz CT molecular complexity index is 1180. The van der Waals surface area contributed by atoms with E-state index in [1.807, 2.05) is 48.5 Å². The van der Waals surface area contributed by atoms with Crippen molar-refractivity contribution in [3.63, 3.8) is 0 Å². The Balaban J connectivity index is 1.32. The van der Waals surface area contributed by atoms with Gasteiger partial charge in [-0.25, -0.2) is 9.67 Å². The average Bonchev–Trinajstić information content (AvgIpc) is 3.26. The minimum absolute atomic E-state index is 0.223. The zero-order valence-corrected chi connectivity index (χ0v) is 16.9. The van der Waals surface area contributed by atoms with E-state index in [9.17, 15) is 4.79 Å². The first kappa shape index (κ1) is 17.8. The van der Waals surface area contributed by atoms with Crippen LogP contribution in [0.25, 0.3) is 17.1 Å². The van der Waals surface area contributed by atoms with Gasteiger partial charge < -0.3 is 5.32 Å². The van der Waals surface area contributed by atoms with Crippen LogP contribution < -0.4 is 5.32 Å². The number of rotatable bonds is 5. The molecule has 8 heteroatoms. The molecule has 4 aromatic rings. The van der Waals surface area contributed by atoms with Crippen molar-refractivity contribution in [3.8, 4) is 17.1 Å². The molecule has 7 nitrogen and oxygen atoms in total. The zero-order valence-electron chi connectivity index (χ0n) is 15.3. The van der Waals surface area contributed by atoms with Crippen molar-refractivity contribution >= 4 is 27.5 Å². The predicted molar refractivity (Wildman–Crippen MR) is 113 cm³/mol. The molecule has 0 spiro atoms. The number of aromatic amines is 1. The van der Waals surface area contributed by atoms with Gasteiger partial charge in [-0.2, -0.15) is 10.2 Å². The molecule has 0 bridgehead atoms. The van der Waals surface area contributed by atoms with Gasteiger partial charge in [-0.3, -0.25) is 9.89 Å². The van der Waals surface area contributed by atoms with Gasteiger partial charge in [-0.15, -0.1) is 0 Å². The van der Waals surface area contributed by atoms with E-state index in [4.69, 9.17) is 0 Å². The van der Waals surface area contributed by atoms with Crippen LogP contribution in [0.4, 0.5) is 5.69 Å². The Morgan fingerprint density at radius 3 is 2.79 bits per heavy atom. The van der Waals surface area contributed by atoms with Gasteiger partial charge in [0.1, 0.15) is 5.82 Å². The van der Waals surface area contributed by atoms with Gasteiger partial charge in [0.2, 0.25) is 0 Å². The summed E-state index contributed by atoms with van der Waals surface area (Å²) < 4.78 is 2.66. The molecule has 2 N–H and O–H groups in total. The number of carbonyl (C=O) groups is 1. The fraction of sp³-hybridized carbons (Fsp3) is 0.143. The number of carbonyl (C=O) groups excluding carboxylic acids is 1. The van der Waals surface area contributed by atoms with Crippen LogP contribution in [0, 0.1) is 0 Å². The number of benzene rings is 2. The number of amides is 1. The Morgan fingerprint density at radius 1 is 1.17 bits per heavy atom. The second kappa shape index (κ2) is 7.29. The quantitative estimate of drug-likeness (QED) is 0.468. The van der Waals surface area contributed by atoms with E-state index in [-0.39, 0.29) is 5.91 Å². The molecule has 0 unspecified atom stereocenters. The van der Waals surface area contributed by atoms with Crippen molar-refractivity contribution in [2.45, 2.75) is 18.8 Å². The Hall–Kier alpha value is -3.26. The lowest BCUT2D eigenvalue weighted by atomic mass is 10.2. The molecule has 1 amide bonds. The van der Waals surface area contributed by atoms with E-state index < -0.39 is 0 Å². The Morgan fingerprint density at radius 2 is 2.00 bits per heavy atom. The van der Waals surface area contributed by atoms with Gasteiger partial charge in [0, 0.05) is 27.8 Å². The van der Waals surface area contributed by atoms with E-state index >= 15 is 0 Å². The maximum Gasteiger partial charge on any atom is 0.258 e. The molecule has 2 aromatic carbocycles. The molecule has 0 aliphatic heterocycles. The lowest BCUT2D eigenvalue weighted by Gasteiger charge is -2.05. The third-order valence-electron chi connectivity index (χ3n) is 4.78. The summed E-state index contributed by atoms with van der Waals surface area (Å²) >= 11 is 3.41. The fourth-order valence-corrected chi connectivity index (χ4v) is 3.32. The molecular formula is C21H17BrN6O. The molecule has 1 fully saturated rings. The average molecular weight is 449 g/mol. The molecule has 29 heavy (non-hydrogen) atoms. The fourth-order valence-electron chi connectivity index (χ4n) is 3.06. The number of halogens is 1. The van der Waals surface area contributed by atoms with Crippen LogP contribution in [-0.4, -0.2) is 30.9 Å². The highest BCUT2D eigenvalue weighted by Gasteiger charge is 2.27. The first-order valence-electron chi connectivity index (χ1n) is 9.30. The molecular weight excluding hydrogens is 432 g/mol. The van der Waals surface area contributed by atoms with E-state index in [1.54, 1.807) is 17.1 Å². The summed E-state index contributed by atoms with van der Waals surface area (Å²) in [7, 11) is 0. The zero-order chi connectivity index (χ0) is 19.8. The van der Waals surface area contributed by atoms with Crippen molar-refractivity contribution in [1.29, 1.82) is 0 Å². The summed E-state index contributed by atoms with van der Waals surface area (Å²) in [5.74, 6) is 1.88. The van der Waals surface area contributed by atoms with E-state index in [2.05, 4.69) is 41.5 Å². The molecule has 1 aliphatic carbocycles. The smallest absolute Gasteiger partial charge is 0.258 e. The summed E-state index contributed by atoms with van der Waals surface area (Å²) in [5, 5.41) is 14.5. The minimum Gasteiger partial charge on any atom is -0.322 e. The van der Waals surface area contributed by atoms with Crippen LogP contribution in [0.15, 0.2) is 65.4 Å². The monoisotopic (exact) mass is 448 g/mol. The van der Waals surface area contributed by atoms with Gasteiger partial charge in [-0.05, 0) is 49.2 Å². The third-order valence-corrected chi connectivity index (χ3v) is 5.31. The van der Waals surface area contributed by atoms with Gasteiger partial charge in [0.15, 0.2) is 5.82 Å². The largest absolute Gasteiger partial charge is 0.322 e. The van der Waals surface area contributed by atoms with E-state index in [1.165, 1.54) is 12.8 Å². The van der Waals surface area contributed by atoms with Crippen LogP contribution >= 0.6 is 15.9 Å². The van der Waals surface area contributed by atoms with E-state index in [0.29, 0.717) is 23.0 Å². The van der Waals surface area contributed by atoms with Gasteiger partial charge >= 0.3 is 0 Å². The SMILES string of the molecule is O=C(Nc1cccc(-c2n[nH]c(C3CC3)n2)c1)c1cnn(-c2ccc(Br)cc2)c1. The maximum atomic E-state index is 12.7. The van der Waals surface area contributed by atoms with Crippen molar-refractivity contribution in [3.05, 3.63) is 76.8 Å². The van der Waals surface area contributed by atoms with Crippen molar-refractivity contribution in [2.75, 3.05) is 5.32 Å². The molecule has 1 aliphatic rings. The van der Waals surface area contributed by atoms with Crippen LogP contribution in [0.1, 0.15) is 34.9 Å². The molecule has 0 saturated heterocycles. The number of hydrogen-bond acceptors (Lipinski definition) is 4. The topological polar surface area (TPSA) is 88.5 Å². The highest BCUT2D eigenvalue weighted by molar-refractivity contribution is 9.10. The standard InChI is InChI=1S/C21H17BrN6O/c22-16-6-8-18(9-7-16)28-12-15(11-23-28)21(29)24-17-3-1-2-14(10-17)20-25-19(26-27-20)13-4-5-13/h1-3,6-13H,4-5H2,(H,24,29)(H,25,26,27). The van der Waals surface area contributed by atoms with E-state index in [0.717, 1.165) is 21.5 Å². The van der Waals surface area contributed by atoms with Gasteiger partial charge in [-0.1, -0.05) is 28.1 Å². The van der Waals surface area contributed by atoms with Crippen molar-refractivity contribution in [1.82, 2.24) is 25.0 Å². The van der Waals surface area contributed by atoms with Gasteiger partial charge in [0.05, 0.1) is 17.4 Å². The highest BCUT2D eigenvalue weighted by Crippen LogP contribution is 2.38. The second-order valence-electron chi connectivity index (χ2n) is 7.00. The number of H-pyrrole nitrogens is 1. The molecule has 0 radical (unpaired) electrons. The summed E-state index contributed by atoms with van der Waals surface area (Å²) in [4.78, 5) is 17.2. The number of aromatic nitrogens is 5. The molecule has 2 heterocycles. The molecule has 1 saturated carbocycles. The first-order valence-corrected chi connectivity index (χ1v) is 10.1. The predicted octanol–water partition coefficient (Wildman–Crippen LogP) is 4.55. The van der Waals surface area contributed by atoms with Crippen LogP contribution in [0.5, 0.6) is 0 Å². The maximum absolute atomic E-state index is 12.7. The molecule has 0 atom stereocenters. The second-order valence-corrected chi connectivity index (χ2v) is 7.92. The van der Waals surface area contributed by atoms with Gasteiger partial charge in [0.25, 0.3) is 5.91 Å². The number of hydrogen-bond donors (Lipinski definition) is 2. The molecule has 5 rings (SSSR count). The first-order chi connectivity index (χ1) is 14.2. The lowest BCUT2D eigenvalue weighted by molar-refractivity contribution is 0.102. The number of nitrogens with one attached hydrogen (secondary N) is 2. The lowest BCUT2D eigenvalue weighted by Crippen LogP contribution is -2.11. The van der Waals surface area contributed by atoms with Crippen molar-refractivity contribution in [2.24, 2.45) is 0 Å². The Kier molecular flexibility index (Phi) is 4.48. The normalized spacial score (nSPS) is 13.4.